The first-order valence-electron chi connectivity index (χ1n) is 9.29. The number of nitrogens with one attached hydrogen (secondary N) is 1. The van der Waals surface area contributed by atoms with Gasteiger partial charge < -0.3 is 54.5 Å². The zero-order valence-electron chi connectivity index (χ0n) is 16.8. The molecule has 10 atom stereocenters. The molecule has 1 amide bonds. The highest BCUT2D eigenvalue weighted by Gasteiger charge is 2.52. The fourth-order valence-electron chi connectivity index (χ4n) is 3.48. The molecule has 0 radical (unpaired) electrons. The Balaban J connectivity index is 2.31. The monoisotopic (exact) mass is 439 g/mol. The van der Waals surface area contributed by atoms with Gasteiger partial charge in [-0.1, -0.05) is 0 Å². The molecule has 30 heavy (non-hydrogen) atoms. The number of rotatable bonds is 7. The summed E-state index contributed by atoms with van der Waals surface area (Å²) < 4.78 is 26.1. The van der Waals surface area contributed by atoms with E-state index >= 15 is 0 Å². The molecule has 0 spiro atoms. The number of hydrogen-bond donors (Lipinski definition) is 6. The first kappa shape index (κ1) is 24.8. The lowest BCUT2D eigenvalue weighted by molar-refractivity contribution is -0.327. The van der Waals surface area contributed by atoms with Gasteiger partial charge in [0, 0.05) is 14.0 Å². The molecule has 0 aromatic heterocycles. The van der Waals surface area contributed by atoms with E-state index in [9.17, 15) is 35.1 Å². The van der Waals surface area contributed by atoms with Crippen LogP contribution in [0, 0.1) is 0 Å². The number of methoxy groups -OCH3 is 2. The van der Waals surface area contributed by atoms with Crippen molar-refractivity contribution in [3.8, 4) is 0 Å². The lowest BCUT2D eigenvalue weighted by atomic mass is 9.92. The van der Waals surface area contributed by atoms with Crippen LogP contribution >= 0.6 is 0 Å². The first-order chi connectivity index (χ1) is 14.2. The number of hydrogen-bond acceptors (Lipinski definition) is 12. The van der Waals surface area contributed by atoms with Crippen molar-refractivity contribution in [2.24, 2.45) is 0 Å². The summed E-state index contributed by atoms with van der Waals surface area (Å²) in [5.41, 5.74) is 0. The third-order valence-corrected chi connectivity index (χ3v) is 5.00. The lowest BCUT2D eigenvalue weighted by Gasteiger charge is -2.47. The Hall–Kier alpha value is -1.42. The van der Waals surface area contributed by atoms with Gasteiger partial charge in [0.25, 0.3) is 0 Å². The number of ether oxygens (including phenoxy) is 5. The van der Waals surface area contributed by atoms with Gasteiger partial charge in [0.15, 0.2) is 12.4 Å². The number of carbonyl (C=O) groups excluding carboxylic acids is 2. The van der Waals surface area contributed by atoms with Gasteiger partial charge in [0.1, 0.15) is 42.7 Å². The number of aliphatic hydroxyl groups is 5. The SMILES string of the molecule is COCC1OC(CO)C(O)C(OC2OC(C(=O)OC)C(O)C(O)C2O)C1NC(C)=O. The van der Waals surface area contributed by atoms with Crippen molar-refractivity contribution in [1.82, 2.24) is 5.32 Å². The Labute approximate surface area is 172 Å². The Morgan fingerprint density at radius 3 is 2.17 bits per heavy atom. The smallest absolute Gasteiger partial charge is 0.337 e. The Bertz CT molecular complexity index is 591. The molecule has 0 aliphatic carbocycles. The van der Waals surface area contributed by atoms with Crippen molar-refractivity contribution in [2.75, 3.05) is 27.4 Å². The van der Waals surface area contributed by atoms with Gasteiger partial charge in [-0.2, -0.15) is 0 Å². The Morgan fingerprint density at radius 1 is 0.967 bits per heavy atom. The van der Waals surface area contributed by atoms with Crippen molar-refractivity contribution in [1.29, 1.82) is 0 Å². The quantitative estimate of drug-likeness (QED) is 0.209. The summed E-state index contributed by atoms with van der Waals surface area (Å²) in [5.74, 6) is -1.50. The maximum atomic E-state index is 11.8. The Kier molecular flexibility index (Phi) is 8.90. The lowest BCUT2D eigenvalue weighted by Crippen LogP contribution is -2.68. The summed E-state index contributed by atoms with van der Waals surface area (Å²) in [7, 11) is 2.43. The summed E-state index contributed by atoms with van der Waals surface area (Å²) in [6.45, 7) is 0.604. The van der Waals surface area contributed by atoms with Crippen LogP contribution in [0.5, 0.6) is 0 Å². The molecule has 6 N–H and O–H groups in total. The van der Waals surface area contributed by atoms with Crippen molar-refractivity contribution in [3.63, 3.8) is 0 Å². The Morgan fingerprint density at radius 2 is 1.63 bits per heavy atom. The van der Waals surface area contributed by atoms with E-state index in [-0.39, 0.29) is 6.61 Å². The molecule has 2 aliphatic rings. The van der Waals surface area contributed by atoms with Crippen LogP contribution in [0.1, 0.15) is 6.92 Å². The van der Waals surface area contributed by atoms with Gasteiger partial charge in [-0.3, -0.25) is 4.79 Å². The molecular weight excluding hydrogens is 410 g/mol. The van der Waals surface area contributed by atoms with E-state index in [4.69, 9.17) is 18.9 Å². The molecule has 2 rings (SSSR count). The van der Waals surface area contributed by atoms with E-state index in [0.717, 1.165) is 7.11 Å². The molecular formula is C17H29NO12. The molecule has 2 fully saturated rings. The molecule has 2 saturated heterocycles. The van der Waals surface area contributed by atoms with Crippen LogP contribution in [0.2, 0.25) is 0 Å². The molecule has 0 aromatic carbocycles. The number of esters is 1. The summed E-state index contributed by atoms with van der Waals surface area (Å²) >= 11 is 0. The predicted octanol–water partition coefficient (Wildman–Crippen LogP) is -4.38. The minimum absolute atomic E-state index is 0.0335. The van der Waals surface area contributed by atoms with Gasteiger partial charge in [0.2, 0.25) is 5.91 Å². The van der Waals surface area contributed by atoms with Crippen LogP contribution in [0.4, 0.5) is 0 Å². The van der Waals surface area contributed by atoms with Crippen LogP contribution in [-0.4, -0.2) is 126 Å². The number of aliphatic hydroxyl groups excluding tert-OH is 5. The number of amides is 1. The van der Waals surface area contributed by atoms with Gasteiger partial charge in [-0.05, 0) is 0 Å². The van der Waals surface area contributed by atoms with E-state index in [0.29, 0.717) is 0 Å². The maximum absolute atomic E-state index is 11.8. The second-order valence-corrected chi connectivity index (χ2v) is 7.09. The van der Waals surface area contributed by atoms with Crippen LogP contribution in [0.3, 0.4) is 0 Å². The van der Waals surface area contributed by atoms with Gasteiger partial charge in [-0.15, -0.1) is 0 Å². The topological polar surface area (TPSA) is 193 Å². The number of carbonyl (C=O) groups is 2. The molecule has 13 nitrogen and oxygen atoms in total. The fourth-order valence-corrected chi connectivity index (χ4v) is 3.48. The molecule has 2 heterocycles. The third-order valence-electron chi connectivity index (χ3n) is 5.00. The summed E-state index contributed by atoms with van der Waals surface area (Å²) in [5, 5.41) is 53.0. The summed E-state index contributed by atoms with van der Waals surface area (Å²) in [6.07, 6.45) is -13.5. The average molecular weight is 439 g/mol. The standard InChI is InChI=1S/C17H29NO12/c1-6(20)18-9-8(5-26-2)28-7(4-19)10(21)14(9)29-17-13(24)11(22)12(23)15(30-17)16(25)27-3/h7-15,17,19,21-24H,4-5H2,1-3H3,(H,18,20). The second kappa shape index (κ2) is 10.7. The van der Waals surface area contributed by atoms with Gasteiger partial charge in [0.05, 0.1) is 26.4 Å². The highest BCUT2D eigenvalue weighted by molar-refractivity contribution is 5.75. The summed E-state index contributed by atoms with van der Waals surface area (Å²) in [4.78, 5) is 23.5. The second-order valence-electron chi connectivity index (χ2n) is 7.09. The van der Waals surface area contributed by atoms with Crippen molar-refractivity contribution in [2.45, 2.75) is 68.1 Å². The van der Waals surface area contributed by atoms with E-state index in [2.05, 4.69) is 10.1 Å². The molecule has 10 unspecified atom stereocenters. The van der Waals surface area contributed by atoms with Crippen molar-refractivity contribution in [3.05, 3.63) is 0 Å². The first-order valence-corrected chi connectivity index (χ1v) is 9.29. The van der Waals surface area contributed by atoms with E-state index in [1.165, 1.54) is 14.0 Å². The summed E-state index contributed by atoms with van der Waals surface area (Å²) in [6, 6.07) is -1.00. The molecule has 0 saturated carbocycles. The van der Waals surface area contributed by atoms with Gasteiger partial charge >= 0.3 is 5.97 Å². The normalized spacial score (nSPS) is 41.9. The van der Waals surface area contributed by atoms with Crippen molar-refractivity contribution >= 4 is 11.9 Å². The van der Waals surface area contributed by atoms with Crippen LogP contribution in [-0.2, 0) is 33.3 Å². The van der Waals surface area contributed by atoms with Crippen LogP contribution < -0.4 is 5.32 Å². The zero-order valence-corrected chi connectivity index (χ0v) is 16.8. The highest BCUT2D eigenvalue weighted by atomic mass is 16.7. The van der Waals surface area contributed by atoms with Gasteiger partial charge in [-0.25, -0.2) is 4.79 Å². The van der Waals surface area contributed by atoms with E-state index in [1.54, 1.807) is 0 Å². The molecule has 174 valence electrons. The minimum atomic E-state index is -1.83. The zero-order chi connectivity index (χ0) is 22.6. The largest absolute Gasteiger partial charge is 0.467 e. The molecule has 13 heteroatoms. The van der Waals surface area contributed by atoms with Crippen LogP contribution in [0.25, 0.3) is 0 Å². The van der Waals surface area contributed by atoms with Crippen LogP contribution in [0.15, 0.2) is 0 Å². The molecule has 2 aliphatic heterocycles. The van der Waals surface area contributed by atoms with E-state index < -0.39 is 79.6 Å². The van der Waals surface area contributed by atoms with Crippen molar-refractivity contribution < 1.29 is 58.8 Å². The minimum Gasteiger partial charge on any atom is -0.467 e. The molecule has 0 bridgehead atoms. The third kappa shape index (κ3) is 5.25. The fraction of sp³-hybridized carbons (Fsp3) is 0.882. The highest BCUT2D eigenvalue weighted by Crippen LogP contribution is 2.29. The maximum Gasteiger partial charge on any atom is 0.337 e. The predicted molar refractivity (Wildman–Crippen MR) is 94.8 cm³/mol. The molecule has 0 aromatic rings. The average Bonchev–Trinajstić information content (AvgIpc) is 2.71. The van der Waals surface area contributed by atoms with E-state index in [1.807, 2.05) is 0 Å².